The predicted molar refractivity (Wildman–Crippen MR) is 68.0 cm³/mol. The summed E-state index contributed by atoms with van der Waals surface area (Å²) in [7, 11) is 0. The van der Waals surface area contributed by atoms with Gasteiger partial charge in [-0.3, -0.25) is 11.3 Å². The molecule has 0 saturated heterocycles. The van der Waals surface area contributed by atoms with Gasteiger partial charge in [0.15, 0.2) is 0 Å². The lowest BCUT2D eigenvalue weighted by Gasteiger charge is -2.20. The van der Waals surface area contributed by atoms with Crippen LogP contribution in [0.2, 0.25) is 5.02 Å². The van der Waals surface area contributed by atoms with Gasteiger partial charge in [-0.1, -0.05) is 49.4 Å². The quantitative estimate of drug-likeness (QED) is 0.639. The summed E-state index contributed by atoms with van der Waals surface area (Å²) in [6, 6.07) is 4.93. The number of hydrazine groups is 1. The first-order valence-electron chi connectivity index (χ1n) is 6.12. The topological polar surface area (TPSA) is 38.0 Å². The van der Waals surface area contributed by atoms with E-state index in [1.807, 2.05) is 0 Å². The van der Waals surface area contributed by atoms with Gasteiger partial charge in [0.1, 0.15) is 5.82 Å². The Kier molecular flexibility index (Phi) is 4.37. The number of hydrogen-bond donors (Lipinski definition) is 2. The molecule has 4 heteroatoms. The Hall–Kier alpha value is -0.640. The van der Waals surface area contributed by atoms with Crippen LogP contribution in [0.4, 0.5) is 4.39 Å². The maximum absolute atomic E-state index is 13.9. The molecule has 1 unspecified atom stereocenters. The summed E-state index contributed by atoms with van der Waals surface area (Å²) in [6.45, 7) is 0. The van der Waals surface area contributed by atoms with Crippen molar-refractivity contribution in [1.29, 1.82) is 0 Å². The molecule has 0 amide bonds. The Morgan fingerprint density at radius 3 is 2.76 bits per heavy atom. The standard InChI is InChI=1S/C13H18ClFN2/c14-11-7-3-6-10(13(11)15)12(17-16)8-9-4-1-2-5-9/h3,6-7,9,12,17H,1-2,4-5,8,16H2. The zero-order valence-corrected chi connectivity index (χ0v) is 10.5. The molecular formula is C13H18ClFN2. The largest absolute Gasteiger partial charge is 0.271 e. The summed E-state index contributed by atoms with van der Waals surface area (Å²) in [5.41, 5.74) is 3.29. The number of hydrogen-bond acceptors (Lipinski definition) is 2. The molecular weight excluding hydrogens is 239 g/mol. The number of halogens is 2. The third-order valence-corrected chi connectivity index (χ3v) is 3.89. The van der Waals surface area contributed by atoms with E-state index in [4.69, 9.17) is 17.4 Å². The van der Waals surface area contributed by atoms with E-state index >= 15 is 0 Å². The van der Waals surface area contributed by atoms with E-state index in [9.17, 15) is 4.39 Å². The van der Waals surface area contributed by atoms with E-state index in [2.05, 4.69) is 5.43 Å². The molecule has 1 saturated carbocycles. The van der Waals surface area contributed by atoms with Crippen LogP contribution in [0.25, 0.3) is 0 Å². The molecule has 1 fully saturated rings. The van der Waals surface area contributed by atoms with E-state index in [0.717, 1.165) is 6.42 Å². The molecule has 0 aliphatic heterocycles. The Morgan fingerprint density at radius 2 is 2.12 bits per heavy atom. The van der Waals surface area contributed by atoms with Gasteiger partial charge in [-0.05, 0) is 18.4 Å². The summed E-state index contributed by atoms with van der Waals surface area (Å²) in [6.07, 6.45) is 5.88. The normalized spacial score (nSPS) is 18.5. The van der Waals surface area contributed by atoms with Gasteiger partial charge in [-0.15, -0.1) is 0 Å². The second-order valence-electron chi connectivity index (χ2n) is 4.75. The maximum atomic E-state index is 13.9. The molecule has 17 heavy (non-hydrogen) atoms. The van der Waals surface area contributed by atoms with Crippen molar-refractivity contribution in [3.05, 3.63) is 34.6 Å². The van der Waals surface area contributed by atoms with Crippen molar-refractivity contribution in [3.63, 3.8) is 0 Å². The van der Waals surface area contributed by atoms with Crippen LogP contribution in [0.5, 0.6) is 0 Å². The van der Waals surface area contributed by atoms with Gasteiger partial charge in [0.05, 0.1) is 5.02 Å². The number of nitrogens with two attached hydrogens (primary N) is 1. The fraction of sp³-hybridized carbons (Fsp3) is 0.538. The van der Waals surface area contributed by atoms with E-state index in [1.165, 1.54) is 25.7 Å². The van der Waals surface area contributed by atoms with Crippen molar-refractivity contribution < 1.29 is 4.39 Å². The summed E-state index contributed by atoms with van der Waals surface area (Å²) >= 11 is 5.79. The Labute approximate surface area is 106 Å². The number of rotatable bonds is 4. The highest BCUT2D eigenvalue weighted by Crippen LogP contribution is 2.34. The second-order valence-corrected chi connectivity index (χ2v) is 5.16. The molecule has 1 aromatic carbocycles. The summed E-state index contributed by atoms with van der Waals surface area (Å²) in [4.78, 5) is 0. The maximum Gasteiger partial charge on any atom is 0.146 e. The average Bonchev–Trinajstić information content (AvgIpc) is 2.83. The summed E-state index contributed by atoms with van der Waals surface area (Å²) in [5, 5.41) is 0.161. The molecule has 0 bridgehead atoms. The first kappa shape index (κ1) is 12.8. The third-order valence-electron chi connectivity index (χ3n) is 3.60. The third kappa shape index (κ3) is 2.97. The van der Waals surface area contributed by atoms with Crippen molar-refractivity contribution in [1.82, 2.24) is 5.43 Å². The SMILES string of the molecule is NNC(CC1CCCC1)c1cccc(Cl)c1F. The van der Waals surface area contributed by atoms with Crippen LogP contribution in [0.15, 0.2) is 18.2 Å². The van der Waals surface area contributed by atoms with Gasteiger partial charge in [-0.25, -0.2) is 4.39 Å². The molecule has 2 rings (SSSR count). The van der Waals surface area contributed by atoms with Crippen LogP contribution in [0.3, 0.4) is 0 Å². The van der Waals surface area contributed by atoms with Gasteiger partial charge in [-0.2, -0.15) is 0 Å². The van der Waals surface area contributed by atoms with E-state index in [-0.39, 0.29) is 16.9 Å². The van der Waals surface area contributed by atoms with Crippen molar-refractivity contribution in [3.8, 4) is 0 Å². The van der Waals surface area contributed by atoms with Crippen LogP contribution in [-0.2, 0) is 0 Å². The Bertz CT molecular complexity index is 378. The molecule has 1 aliphatic rings. The van der Waals surface area contributed by atoms with Crippen molar-refractivity contribution in [2.45, 2.75) is 38.1 Å². The number of nitrogens with one attached hydrogen (secondary N) is 1. The second kappa shape index (κ2) is 5.80. The first-order chi connectivity index (χ1) is 8.22. The molecule has 0 aromatic heterocycles. The fourth-order valence-corrected chi connectivity index (χ4v) is 2.84. The number of benzene rings is 1. The Morgan fingerprint density at radius 1 is 1.41 bits per heavy atom. The minimum absolute atomic E-state index is 0.142. The zero-order valence-electron chi connectivity index (χ0n) is 9.76. The van der Waals surface area contributed by atoms with Gasteiger partial charge in [0, 0.05) is 11.6 Å². The molecule has 2 nitrogen and oxygen atoms in total. The highest BCUT2D eigenvalue weighted by atomic mass is 35.5. The van der Waals surface area contributed by atoms with E-state index in [0.29, 0.717) is 11.5 Å². The van der Waals surface area contributed by atoms with Crippen LogP contribution in [0.1, 0.15) is 43.7 Å². The predicted octanol–water partition coefficient (Wildman–Crippen LogP) is 3.56. The molecule has 0 radical (unpaired) electrons. The molecule has 1 atom stereocenters. The van der Waals surface area contributed by atoms with Crippen molar-refractivity contribution in [2.75, 3.05) is 0 Å². The smallest absolute Gasteiger partial charge is 0.146 e. The van der Waals surface area contributed by atoms with Crippen molar-refractivity contribution >= 4 is 11.6 Å². The lowest BCUT2D eigenvalue weighted by molar-refractivity contribution is 0.390. The molecule has 1 aliphatic carbocycles. The van der Waals surface area contributed by atoms with E-state index in [1.54, 1.807) is 18.2 Å². The molecule has 0 heterocycles. The minimum Gasteiger partial charge on any atom is -0.271 e. The van der Waals surface area contributed by atoms with E-state index < -0.39 is 0 Å². The van der Waals surface area contributed by atoms with Gasteiger partial charge < -0.3 is 0 Å². The Balaban J connectivity index is 2.13. The summed E-state index contributed by atoms with van der Waals surface area (Å²) < 4.78 is 13.9. The van der Waals surface area contributed by atoms with Crippen LogP contribution >= 0.6 is 11.6 Å². The molecule has 0 spiro atoms. The van der Waals surface area contributed by atoms with Gasteiger partial charge >= 0.3 is 0 Å². The first-order valence-corrected chi connectivity index (χ1v) is 6.50. The monoisotopic (exact) mass is 256 g/mol. The van der Waals surface area contributed by atoms with Crippen LogP contribution in [0, 0.1) is 11.7 Å². The molecule has 94 valence electrons. The van der Waals surface area contributed by atoms with Gasteiger partial charge in [0.25, 0.3) is 0 Å². The summed E-state index contributed by atoms with van der Waals surface area (Å²) in [5.74, 6) is 5.84. The zero-order chi connectivity index (χ0) is 12.3. The highest BCUT2D eigenvalue weighted by Gasteiger charge is 2.23. The lowest BCUT2D eigenvalue weighted by Crippen LogP contribution is -2.30. The van der Waals surface area contributed by atoms with Crippen LogP contribution in [-0.4, -0.2) is 0 Å². The van der Waals surface area contributed by atoms with Gasteiger partial charge in [0.2, 0.25) is 0 Å². The average molecular weight is 257 g/mol. The lowest BCUT2D eigenvalue weighted by atomic mass is 9.94. The minimum atomic E-state index is -0.352. The fourth-order valence-electron chi connectivity index (χ4n) is 2.65. The highest BCUT2D eigenvalue weighted by molar-refractivity contribution is 6.30. The van der Waals surface area contributed by atoms with Crippen molar-refractivity contribution in [2.24, 2.45) is 11.8 Å². The molecule has 3 N–H and O–H groups in total. The van der Waals surface area contributed by atoms with Crippen LogP contribution < -0.4 is 11.3 Å². The molecule has 1 aromatic rings.